The standard InChI is InChI=1S/B.Ga.In.2P/q;2*+3;2*-3. The summed E-state index contributed by atoms with van der Waals surface area (Å²) in [6, 6.07) is 0. The fourth-order valence-corrected chi connectivity index (χ4v) is 0. The molecule has 0 atom stereocenters. The predicted molar refractivity (Wildman–Crippen MR) is 31.1 cm³/mol. The van der Waals surface area contributed by atoms with Crippen LogP contribution >= 0.6 is 19.8 Å². The maximum atomic E-state index is 0. The summed E-state index contributed by atoms with van der Waals surface area (Å²) in [5.41, 5.74) is 0. The van der Waals surface area contributed by atoms with Crippen molar-refractivity contribution in [3.05, 3.63) is 0 Å². The Balaban J connectivity index is 0. The van der Waals surface area contributed by atoms with E-state index in [0.29, 0.717) is 0 Å². The molecule has 0 spiro atoms. The van der Waals surface area contributed by atoms with E-state index < -0.39 is 0 Å². The first-order chi connectivity index (χ1) is 0. The van der Waals surface area contributed by atoms with Crippen molar-refractivity contribution < 1.29 is 0 Å². The zero-order valence-corrected chi connectivity index (χ0v) is 10.1. The Morgan fingerprint density at radius 1 is 0.800 bits per heavy atom. The van der Waals surface area contributed by atoms with Gasteiger partial charge < -0.3 is 19.8 Å². The van der Waals surface area contributed by atoms with Crippen molar-refractivity contribution in [2.24, 2.45) is 0 Å². The smallest absolute Gasteiger partial charge is 3.00 e. The van der Waals surface area contributed by atoms with Crippen LogP contribution in [-0.2, 0) is 0 Å². The van der Waals surface area contributed by atoms with Gasteiger partial charge in [-0.05, 0) is 0 Å². The zero-order chi connectivity index (χ0) is 0. The molecule has 0 aliphatic heterocycles. The summed E-state index contributed by atoms with van der Waals surface area (Å²) in [6.07, 6.45) is 0. The molecule has 3 radical (unpaired) electrons. The van der Waals surface area contributed by atoms with Gasteiger partial charge in [0.05, 0.1) is 0 Å². The third kappa shape index (κ3) is 21.4. The maximum absolute atomic E-state index is 0. The second-order valence-corrected chi connectivity index (χ2v) is 0. The van der Waals surface area contributed by atoms with E-state index in [9.17, 15) is 0 Å². The van der Waals surface area contributed by atoms with Gasteiger partial charge in [0.1, 0.15) is 0 Å². The molecule has 0 unspecified atom stereocenters. The normalized spacial score (nSPS) is 0. The van der Waals surface area contributed by atoms with Crippen molar-refractivity contribution in [3.8, 4) is 0 Å². The quantitative estimate of drug-likeness (QED) is 0.440. The van der Waals surface area contributed by atoms with Crippen molar-refractivity contribution in [1.29, 1.82) is 0 Å². The number of hydrogen-bond acceptors (Lipinski definition) is 0. The average molecular weight is 257 g/mol. The molecule has 0 nitrogen and oxygen atoms in total. The summed E-state index contributed by atoms with van der Waals surface area (Å²) in [4.78, 5) is 0. The summed E-state index contributed by atoms with van der Waals surface area (Å²) in [7, 11) is 0. The van der Waals surface area contributed by atoms with Crippen molar-refractivity contribution in [3.63, 3.8) is 0 Å². The van der Waals surface area contributed by atoms with Gasteiger partial charge in [0.25, 0.3) is 0 Å². The minimum Gasteiger partial charge on any atom is -3.00 e. The minimum absolute atomic E-state index is 0. The van der Waals surface area contributed by atoms with Crippen molar-refractivity contribution in [2.75, 3.05) is 0 Å². The largest absolute Gasteiger partial charge is 3.00 e. The first-order valence-corrected chi connectivity index (χ1v) is 0. The van der Waals surface area contributed by atoms with E-state index in [1.807, 2.05) is 0 Å². The molecule has 0 saturated heterocycles. The molecule has 0 fully saturated rings. The van der Waals surface area contributed by atoms with Gasteiger partial charge in [0.15, 0.2) is 0 Å². The van der Waals surface area contributed by atoms with Crippen LogP contribution in [0.3, 0.4) is 0 Å². The molecule has 0 rings (SSSR count). The zero-order valence-electron chi connectivity index (χ0n) is 2.63. The first kappa shape index (κ1) is 52.0. The van der Waals surface area contributed by atoms with Gasteiger partial charge in [-0.15, -0.1) is 0 Å². The number of hydrogen-bond donors (Lipinski definition) is 0. The Bertz CT molecular complexity index is 9.61. The van der Waals surface area contributed by atoms with Gasteiger partial charge in [-0.25, -0.2) is 0 Å². The number of rotatable bonds is 0. The third-order valence-corrected chi connectivity index (χ3v) is 0. The van der Waals surface area contributed by atoms with Crippen LogP contribution in [0.15, 0.2) is 0 Å². The van der Waals surface area contributed by atoms with E-state index in [0.717, 1.165) is 0 Å². The monoisotopic (exact) mass is 257 g/mol. The Morgan fingerprint density at radius 2 is 0.800 bits per heavy atom. The van der Waals surface area contributed by atoms with Crippen LogP contribution in [0.1, 0.15) is 0 Å². The van der Waals surface area contributed by atoms with E-state index >= 15 is 0 Å². The molecule has 0 amide bonds. The van der Waals surface area contributed by atoms with Gasteiger partial charge in [0.2, 0.25) is 0 Å². The fraction of sp³-hybridized carbons (Fsp3) is 0. The molecule has 0 aromatic heterocycles. The molecular weight excluding hydrogens is 257 g/mol. The Labute approximate surface area is 73.3 Å². The topological polar surface area (TPSA) is 0 Å². The van der Waals surface area contributed by atoms with Crippen molar-refractivity contribution in [2.45, 2.75) is 0 Å². The first-order valence-electron chi connectivity index (χ1n) is 0. The molecular formula is BGaInP2. The molecule has 0 heterocycles. The summed E-state index contributed by atoms with van der Waals surface area (Å²) in [5.74, 6) is 0. The van der Waals surface area contributed by atoms with Gasteiger partial charge >= 0.3 is 45.6 Å². The summed E-state index contributed by atoms with van der Waals surface area (Å²) in [5, 5.41) is 0. The fourth-order valence-electron chi connectivity index (χ4n) is 0. The van der Waals surface area contributed by atoms with E-state index in [2.05, 4.69) is 0 Å². The molecule has 0 aromatic rings. The van der Waals surface area contributed by atoms with Crippen LogP contribution in [-0.4, -0.2) is 54.0 Å². The van der Waals surface area contributed by atoms with Crippen molar-refractivity contribution >= 4 is 73.8 Å². The summed E-state index contributed by atoms with van der Waals surface area (Å²) >= 11 is 0. The third-order valence-electron chi connectivity index (χ3n) is 0. The molecule has 0 saturated carbocycles. The molecule has 5 heteroatoms. The van der Waals surface area contributed by atoms with Crippen LogP contribution in [0, 0.1) is 0 Å². The van der Waals surface area contributed by atoms with Gasteiger partial charge in [0, 0.05) is 8.41 Å². The van der Waals surface area contributed by atoms with Gasteiger partial charge in [-0.3, -0.25) is 0 Å². The predicted octanol–water partition coefficient (Wildman–Crippen LogP) is 0.580. The van der Waals surface area contributed by atoms with Gasteiger partial charge in [-0.2, -0.15) is 0 Å². The summed E-state index contributed by atoms with van der Waals surface area (Å²) in [6.45, 7) is 0. The molecule has 0 bridgehead atoms. The second-order valence-electron chi connectivity index (χ2n) is 0. The van der Waals surface area contributed by atoms with Gasteiger partial charge in [-0.1, -0.05) is 0 Å². The van der Waals surface area contributed by atoms with Crippen LogP contribution < -0.4 is 0 Å². The van der Waals surface area contributed by atoms with Crippen molar-refractivity contribution in [1.82, 2.24) is 0 Å². The molecule has 5 heavy (non-hydrogen) atoms. The molecule has 0 aliphatic carbocycles. The molecule has 0 N–H and O–H groups in total. The molecule has 19 valence electrons. The SMILES string of the molecule is [B].[Ga+3].[In+3].[P-3].[P-3]. The van der Waals surface area contributed by atoms with E-state index in [4.69, 9.17) is 0 Å². The van der Waals surface area contributed by atoms with E-state index in [1.54, 1.807) is 0 Å². The van der Waals surface area contributed by atoms with Crippen LogP contribution in [0.4, 0.5) is 0 Å². The maximum Gasteiger partial charge on any atom is 3.00 e. The average Bonchev–Trinajstić information content (AvgIpc) is 0. The summed E-state index contributed by atoms with van der Waals surface area (Å²) < 4.78 is 0. The van der Waals surface area contributed by atoms with Crippen LogP contribution in [0.25, 0.3) is 0 Å². The molecule has 0 aromatic carbocycles. The Morgan fingerprint density at radius 3 is 0.800 bits per heavy atom. The van der Waals surface area contributed by atoms with Crippen LogP contribution in [0.5, 0.6) is 0 Å². The molecule has 0 aliphatic rings. The Kier molecular flexibility index (Phi) is 334. The second kappa shape index (κ2) is 32.1. The minimum atomic E-state index is 0. The Hall–Kier alpha value is 2.43. The van der Waals surface area contributed by atoms with Crippen LogP contribution in [0.2, 0.25) is 0 Å². The van der Waals surface area contributed by atoms with E-state index in [-0.39, 0.29) is 73.8 Å². The van der Waals surface area contributed by atoms with E-state index in [1.165, 1.54) is 0 Å².